The van der Waals surface area contributed by atoms with E-state index in [9.17, 15) is 19.2 Å². The first-order valence-corrected chi connectivity index (χ1v) is 10.6. The van der Waals surface area contributed by atoms with Crippen molar-refractivity contribution in [2.45, 2.75) is 51.4 Å². The third-order valence-electron chi connectivity index (χ3n) is 4.91. The van der Waals surface area contributed by atoms with Crippen LogP contribution in [0.4, 0.5) is 0 Å². The van der Waals surface area contributed by atoms with Gasteiger partial charge in [-0.2, -0.15) is 0 Å². The molecule has 1 aliphatic rings. The third kappa shape index (κ3) is 7.97. The normalized spacial score (nSPS) is 23.8. The fourth-order valence-electron chi connectivity index (χ4n) is 3.41. The van der Waals surface area contributed by atoms with E-state index in [4.69, 9.17) is 34.2 Å². The van der Waals surface area contributed by atoms with Gasteiger partial charge in [0, 0.05) is 26.8 Å². The van der Waals surface area contributed by atoms with Crippen LogP contribution in [-0.4, -0.2) is 75.2 Å². The number of ether oxygens (including phenoxy) is 6. The van der Waals surface area contributed by atoms with Gasteiger partial charge in [0.15, 0.2) is 23.7 Å². The molecule has 1 heterocycles. The number of carbonyl (C=O) groups excluding carboxylic acids is 4. The zero-order valence-corrected chi connectivity index (χ0v) is 20.1. The fraction of sp³-hybridized carbons (Fsp3) is 0.478. The summed E-state index contributed by atoms with van der Waals surface area (Å²) in [5.41, 5.74) is 6.87. The van der Waals surface area contributed by atoms with Crippen LogP contribution in [0.2, 0.25) is 0 Å². The SMILES string of the molecule is COc1ccc(/C=C/C(=O)N[C@@H]2O[C@H](COC(C)=O)[C@H](OC(C)=O)[C@H](OC(C)=O)[C@H]2N)cc1OC. The molecule has 35 heavy (non-hydrogen) atoms. The summed E-state index contributed by atoms with van der Waals surface area (Å²) < 4.78 is 31.8. The molecule has 12 heteroatoms. The highest BCUT2D eigenvalue weighted by Gasteiger charge is 2.49. The molecule has 1 aromatic carbocycles. The molecule has 0 spiro atoms. The average molecular weight is 494 g/mol. The summed E-state index contributed by atoms with van der Waals surface area (Å²) in [5.74, 6) is -1.52. The Bertz CT molecular complexity index is 964. The summed E-state index contributed by atoms with van der Waals surface area (Å²) in [6, 6.07) is 4.00. The molecule has 2 rings (SSSR count). The van der Waals surface area contributed by atoms with Gasteiger partial charge in [-0.15, -0.1) is 0 Å². The van der Waals surface area contributed by atoms with Crippen molar-refractivity contribution >= 4 is 29.9 Å². The Morgan fingerprint density at radius 1 is 0.971 bits per heavy atom. The summed E-state index contributed by atoms with van der Waals surface area (Å²) in [6.07, 6.45) is -1.78. The number of hydrogen-bond donors (Lipinski definition) is 2. The number of benzene rings is 1. The van der Waals surface area contributed by atoms with Crippen LogP contribution in [-0.2, 0) is 38.1 Å². The Hall–Kier alpha value is -3.64. The third-order valence-corrected chi connectivity index (χ3v) is 4.91. The molecule has 5 atom stereocenters. The summed E-state index contributed by atoms with van der Waals surface area (Å²) in [4.78, 5) is 47.2. The number of carbonyl (C=O) groups is 4. The van der Waals surface area contributed by atoms with Gasteiger partial charge in [0.05, 0.1) is 20.3 Å². The average Bonchev–Trinajstić information content (AvgIpc) is 2.80. The van der Waals surface area contributed by atoms with Crippen molar-refractivity contribution in [3.05, 3.63) is 29.8 Å². The Morgan fingerprint density at radius 2 is 1.60 bits per heavy atom. The van der Waals surface area contributed by atoms with E-state index in [1.807, 2.05) is 0 Å². The van der Waals surface area contributed by atoms with E-state index in [2.05, 4.69) is 5.32 Å². The molecule has 0 unspecified atom stereocenters. The zero-order valence-electron chi connectivity index (χ0n) is 20.1. The molecule has 1 aromatic rings. The molecular formula is C23H30N2O10. The van der Waals surface area contributed by atoms with Gasteiger partial charge in [0.25, 0.3) is 0 Å². The number of methoxy groups -OCH3 is 2. The quantitative estimate of drug-likeness (QED) is 0.276. The van der Waals surface area contributed by atoms with E-state index in [-0.39, 0.29) is 6.61 Å². The maximum atomic E-state index is 12.6. The summed E-state index contributed by atoms with van der Waals surface area (Å²) in [5, 5.41) is 2.58. The Balaban J connectivity index is 2.21. The zero-order chi connectivity index (χ0) is 26.1. The van der Waals surface area contributed by atoms with Crippen LogP contribution in [0.25, 0.3) is 6.08 Å². The molecule has 0 aromatic heterocycles. The second-order valence-corrected chi connectivity index (χ2v) is 7.58. The Labute approximate surface area is 202 Å². The predicted molar refractivity (Wildman–Crippen MR) is 121 cm³/mol. The molecule has 1 amide bonds. The van der Waals surface area contributed by atoms with Crippen LogP contribution in [0.15, 0.2) is 24.3 Å². The lowest BCUT2D eigenvalue weighted by molar-refractivity contribution is -0.224. The van der Waals surface area contributed by atoms with Gasteiger partial charge in [-0.1, -0.05) is 6.07 Å². The van der Waals surface area contributed by atoms with Crippen molar-refractivity contribution in [1.82, 2.24) is 5.32 Å². The second kappa shape index (κ2) is 12.7. The minimum Gasteiger partial charge on any atom is -0.493 e. The van der Waals surface area contributed by atoms with E-state index < -0.39 is 54.4 Å². The molecule has 3 N–H and O–H groups in total. The van der Waals surface area contributed by atoms with Crippen molar-refractivity contribution in [3.8, 4) is 11.5 Å². The maximum Gasteiger partial charge on any atom is 0.303 e. The van der Waals surface area contributed by atoms with E-state index >= 15 is 0 Å². The van der Waals surface area contributed by atoms with Gasteiger partial charge >= 0.3 is 17.9 Å². The van der Waals surface area contributed by atoms with Gasteiger partial charge in [-0.25, -0.2) is 0 Å². The topological polar surface area (TPSA) is 162 Å². The molecule has 1 saturated heterocycles. The van der Waals surface area contributed by atoms with Crippen LogP contribution >= 0.6 is 0 Å². The summed E-state index contributed by atoms with van der Waals surface area (Å²) in [7, 11) is 3.01. The van der Waals surface area contributed by atoms with Crippen molar-refractivity contribution in [2.24, 2.45) is 5.73 Å². The molecule has 0 radical (unpaired) electrons. The van der Waals surface area contributed by atoms with Crippen molar-refractivity contribution in [1.29, 1.82) is 0 Å². The maximum absolute atomic E-state index is 12.6. The largest absolute Gasteiger partial charge is 0.493 e. The number of nitrogens with two attached hydrogens (primary N) is 1. The molecule has 0 saturated carbocycles. The highest BCUT2D eigenvalue weighted by atomic mass is 16.6. The molecule has 12 nitrogen and oxygen atoms in total. The number of hydrogen-bond acceptors (Lipinski definition) is 11. The lowest BCUT2D eigenvalue weighted by Crippen LogP contribution is -2.68. The van der Waals surface area contributed by atoms with Crippen LogP contribution < -0.4 is 20.5 Å². The molecular weight excluding hydrogens is 464 g/mol. The second-order valence-electron chi connectivity index (χ2n) is 7.58. The molecule has 1 fully saturated rings. The van der Waals surface area contributed by atoms with Crippen molar-refractivity contribution in [3.63, 3.8) is 0 Å². The molecule has 1 aliphatic heterocycles. The van der Waals surface area contributed by atoms with Crippen LogP contribution in [0.5, 0.6) is 11.5 Å². The first-order valence-electron chi connectivity index (χ1n) is 10.6. The number of esters is 3. The minimum atomic E-state index is -1.18. The van der Waals surface area contributed by atoms with Crippen molar-refractivity contribution < 1.29 is 47.6 Å². The Kier molecular flexibility index (Phi) is 10.0. The fourth-order valence-corrected chi connectivity index (χ4v) is 3.41. The lowest BCUT2D eigenvalue weighted by Gasteiger charge is -2.43. The first kappa shape index (κ1) is 27.6. The summed E-state index contributed by atoms with van der Waals surface area (Å²) >= 11 is 0. The highest BCUT2D eigenvalue weighted by Crippen LogP contribution is 2.28. The van der Waals surface area contributed by atoms with Gasteiger partial charge < -0.3 is 39.5 Å². The minimum absolute atomic E-state index is 0.328. The van der Waals surface area contributed by atoms with Crippen molar-refractivity contribution in [2.75, 3.05) is 20.8 Å². The van der Waals surface area contributed by atoms with Crippen LogP contribution in [0, 0.1) is 0 Å². The number of rotatable bonds is 9. The number of nitrogens with one attached hydrogen (secondary N) is 1. The smallest absolute Gasteiger partial charge is 0.303 e. The van der Waals surface area contributed by atoms with Gasteiger partial charge in [-0.3, -0.25) is 19.2 Å². The monoisotopic (exact) mass is 494 g/mol. The van der Waals surface area contributed by atoms with Gasteiger partial charge in [-0.05, 0) is 23.8 Å². The lowest BCUT2D eigenvalue weighted by atomic mass is 9.96. The molecule has 192 valence electrons. The van der Waals surface area contributed by atoms with E-state index in [1.165, 1.54) is 33.3 Å². The highest BCUT2D eigenvalue weighted by molar-refractivity contribution is 5.92. The first-order chi connectivity index (χ1) is 16.5. The summed E-state index contributed by atoms with van der Waals surface area (Å²) in [6.45, 7) is 3.18. The van der Waals surface area contributed by atoms with E-state index in [0.29, 0.717) is 17.1 Å². The van der Waals surface area contributed by atoms with Gasteiger partial charge in [0.1, 0.15) is 18.9 Å². The van der Waals surface area contributed by atoms with E-state index in [0.717, 1.165) is 13.8 Å². The van der Waals surface area contributed by atoms with Gasteiger partial charge in [0.2, 0.25) is 5.91 Å². The molecule has 0 aliphatic carbocycles. The van der Waals surface area contributed by atoms with Crippen LogP contribution in [0.3, 0.4) is 0 Å². The molecule has 0 bridgehead atoms. The standard InChI is InChI=1S/C23H30N2O10/c1-12(26)32-11-18-21(33-13(2)27)22(34-14(3)28)20(24)23(35-18)25-19(29)9-7-15-6-8-16(30-4)17(10-15)31-5/h6-10,18,20-23H,11,24H2,1-5H3,(H,25,29)/b9-7+/t18-,20-,21+,22-,23-/m1/s1. The Morgan fingerprint density at radius 3 is 2.17 bits per heavy atom. The van der Waals surface area contributed by atoms with E-state index in [1.54, 1.807) is 18.2 Å². The number of amides is 1. The van der Waals surface area contributed by atoms with Crippen LogP contribution in [0.1, 0.15) is 26.3 Å². The predicted octanol–water partition coefficient (Wildman–Crippen LogP) is 0.312.